The average Bonchev–Trinajstić information content (AvgIpc) is 2.98. The van der Waals surface area contributed by atoms with Crippen molar-refractivity contribution in [1.29, 1.82) is 0 Å². The molecule has 0 radical (unpaired) electrons. The van der Waals surface area contributed by atoms with Gasteiger partial charge in [-0.05, 0) is 38.8 Å². The first-order valence-electron chi connectivity index (χ1n) is 6.88. The molecule has 0 fully saturated rings. The van der Waals surface area contributed by atoms with Crippen LogP contribution in [0.3, 0.4) is 0 Å². The van der Waals surface area contributed by atoms with Gasteiger partial charge >= 0.3 is 0 Å². The summed E-state index contributed by atoms with van der Waals surface area (Å²) < 4.78 is 4.17. The molecule has 1 N–H and O–H groups in total. The molecule has 0 saturated heterocycles. The summed E-state index contributed by atoms with van der Waals surface area (Å²) in [5, 5.41) is 3.49. The van der Waals surface area contributed by atoms with E-state index in [4.69, 9.17) is 0 Å². The van der Waals surface area contributed by atoms with Crippen molar-refractivity contribution in [2.24, 2.45) is 14.1 Å². The monoisotopic (exact) mass is 261 g/mol. The zero-order valence-corrected chi connectivity index (χ0v) is 11.8. The van der Waals surface area contributed by atoms with Gasteiger partial charge in [-0.3, -0.25) is 0 Å². The van der Waals surface area contributed by atoms with Crippen LogP contribution in [0.15, 0.2) is 25.0 Å². The van der Waals surface area contributed by atoms with E-state index in [1.165, 1.54) is 11.4 Å². The van der Waals surface area contributed by atoms with E-state index in [0.717, 1.165) is 38.8 Å². The summed E-state index contributed by atoms with van der Waals surface area (Å²) in [7, 11) is 4.09. The lowest BCUT2D eigenvalue weighted by Gasteiger charge is -2.05. The van der Waals surface area contributed by atoms with Gasteiger partial charge in [-0.2, -0.15) is 0 Å². The van der Waals surface area contributed by atoms with Crippen LogP contribution >= 0.6 is 0 Å². The standard InChI is InChI=1S/C14H23N5/c1-18-11-16-9-13(18)5-3-7-15-8-4-6-14-10-17-12-19(14)2/h9-12,15H,3-8H2,1-2H3. The highest BCUT2D eigenvalue weighted by Crippen LogP contribution is 2.01. The SMILES string of the molecule is Cn1cncc1CCCNCCCc1cncn1C. The second-order valence-electron chi connectivity index (χ2n) is 4.95. The molecule has 0 aliphatic heterocycles. The molecule has 0 unspecified atom stereocenters. The molecule has 0 saturated carbocycles. The second kappa shape index (κ2) is 7.09. The zero-order chi connectivity index (χ0) is 13.5. The molecule has 5 heteroatoms. The van der Waals surface area contributed by atoms with E-state index in [1.807, 2.05) is 39.1 Å². The van der Waals surface area contributed by atoms with Crippen LogP contribution in [0.1, 0.15) is 24.2 Å². The number of hydrogen-bond donors (Lipinski definition) is 1. The number of rotatable bonds is 8. The molecule has 0 aromatic carbocycles. The molecule has 0 bridgehead atoms. The first kappa shape index (κ1) is 13.8. The lowest BCUT2D eigenvalue weighted by Crippen LogP contribution is -2.18. The highest BCUT2D eigenvalue weighted by molar-refractivity contribution is 4.98. The Bertz CT molecular complexity index is 441. The van der Waals surface area contributed by atoms with Crippen molar-refractivity contribution in [3.8, 4) is 0 Å². The predicted molar refractivity (Wildman–Crippen MR) is 75.9 cm³/mol. The Hall–Kier alpha value is -1.62. The first-order valence-corrected chi connectivity index (χ1v) is 6.88. The van der Waals surface area contributed by atoms with Gasteiger partial charge in [0.25, 0.3) is 0 Å². The maximum atomic E-state index is 4.12. The number of aryl methyl sites for hydroxylation is 4. The lowest BCUT2D eigenvalue weighted by molar-refractivity contribution is 0.607. The minimum atomic E-state index is 1.07. The number of nitrogens with one attached hydrogen (secondary N) is 1. The van der Waals surface area contributed by atoms with E-state index in [9.17, 15) is 0 Å². The number of hydrogen-bond acceptors (Lipinski definition) is 3. The quantitative estimate of drug-likeness (QED) is 0.729. The molecule has 0 aliphatic carbocycles. The summed E-state index contributed by atoms with van der Waals surface area (Å²) in [6, 6.07) is 0. The largest absolute Gasteiger partial charge is 0.338 e. The molecule has 0 aliphatic rings. The van der Waals surface area contributed by atoms with Crippen molar-refractivity contribution in [1.82, 2.24) is 24.4 Å². The minimum absolute atomic E-state index is 1.07. The van der Waals surface area contributed by atoms with Gasteiger partial charge in [0.05, 0.1) is 12.7 Å². The second-order valence-corrected chi connectivity index (χ2v) is 4.95. The van der Waals surface area contributed by atoms with Crippen molar-refractivity contribution in [3.63, 3.8) is 0 Å². The zero-order valence-electron chi connectivity index (χ0n) is 11.8. The van der Waals surface area contributed by atoms with Crippen molar-refractivity contribution in [2.45, 2.75) is 25.7 Å². The van der Waals surface area contributed by atoms with Crippen LogP contribution < -0.4 is 5.32 Å². The maximum Gasteiger partial charge on any atom is 0.0945 e. The Morgan fingerprint density at radius 1 is 0.895 bits per heavy atom. The Balaban J connectivity index is 1.51. The van der Waals surface area contributed by atoms with E-state index in [0.29, 0.717) is 0 Å². The smallest absolute Gasteiger partial charge is 0.0945 e. The summed E-state index contributed by atoms with van der Waals surface area (Å²) in [5.41, 5.74) is 2.60. The van der Waals surface area contributed by atoms with Gasteiger partial charge in [0.15, 0.2) is 0 Å². The summed E-state index contributed by atoms with van der Waals surface area (Å²) in [5.74, 6) is 0. The third-order valence-corrected chi connectivity index (χ3v) is 3.41. The molecular formula is C14H23N5. The molecule has 104 valence electrons. The summed E-state index contributed by atoms with van der Waals surface area (Å²) in [4.78, 5) is 8.24. The fraction of sp³-hybridized carbons (Fsp3) is 0.571. The van der Waals surface area contributed by atoms with Crippen LogP contribution in [-0.4, -0.2) is 32.2 Å². The molecule has 0 atom stereocenters. The lowest BCUT2D eigenvalue weighted by atomic mass is 10.2. The predicted octanol–water partition coefficient (Wildman–Crippen LogP) is 1.31. The van der Waals surface area contributed by atoms with Crippen LogP contribution in [-0.2, 0) is 26.9 Å². The van der Waals surface area contributed by atoms with E-state index < -0.39 is 0 Å². The van der Waals surface area contributed by atoms with Crippen LogP contribution in [0.25, 0.3) is 0 Å². The van der Waals surface area contributed by atoms with Crippen molar-refractivity contribution < 1.29 is 0 Å². The minimum Gasteiger partial charge on any atom is -0.338 e. The summed E-state index contributed by atoms with van der Waals surface area (Å²) >= 11 is 0. The summed E-state index contributed by atoms with van der Waals surface area (Å²) in [6.45, 7) is 2.13. The normalized spacial score (nSPS) is 11.1. The fourth-order valence-electron chi connectivity index (χ4n) is 2.17. The van der Waals surface area contributed by atoms with Gasteiger partial charge in [-0.25, -0.2) is 9.97 Å². The fourth-order valence-corrected chi connectivity index (χ4v) is 2.17. The van der Waals surface area contributed by atoms with Crippen LogP contribution in [0.4, 0.5) is 0 Å². The highest BCUT2D eigenvalue weighted by atomic mass is 15.0. The first-order chi connectivity index (χ1) is 9.27. The van der Waals surface area contributed by atoms with Crippen molar-refractivity contribution >= 4 is 0 Å². The molecule has 5 nitrogen and oxygen atoms in total. The topological polar surface area (TPSA) is 47.7 Å². The number of imidazole rings is 2. The van der Waals surface area contributed by atoms with E-state index in [2.05, 4.69) is 24.4 Å². The van der Waals surface area contributed by atoms with Gasteiger partial charge in [0.1, 0.15) is 0 Å². The Kier molecular flexibility index (Phi) is 5.15. The number of aromatic nitrogens is 4. The number of nitrogens with zero attached hydrogens (tertiary/aromatic N) is 4. The molecule has 2 rings (SSSR count). The Labute approximate surface area is 114 Å². The van der Waals surface area contributed by atoms with Crippen LogP contribution in [0.5, 0.6) is 0 Å². The van der Waals surface area contributed by atoms with Gasteiger partial charge in [-0.1, -0.05) is 0 Å². The highest BCUT2D eigenvalue weighted by Gasteiger charge is 1.99. The van der Waals surface area contributed by atoms with E-state index in [-0.39, 0.29) is 0 Å². The molecule has 0 amide bonds. The molecule has 19 heavy (non-hydrogen) atoms. The third-order valence-electron chi connectivity index (χ3n) is 3.41. The van der Waals surface area contributed by atoms with Crippen molar-refractivity contribution in [2.75, 3.05) is 13.1 Å². The van der Waals surface area contributed by atoms with Crippen molar-refractivity contribution in [3.05, 3.63) is 36.4 Å². The third kappa shape index (κ3) is 4.21. The summed E-state index contributed by atoms with van der Waals surface area (Å²) in [6.07, 6.45) is 12.1. The average molecular weight is 261 g/mol. The van der Waals surface area contributed by atoms with E-state index >= 15 is 0 Å². The Morgan fingerprint density at radius 3 is 1.74 bits per heavy atom. The molecular weight excluding hydrogens is 238 g/mol. The van der Waals surface area contributed by atoms with Crippen LogP contribution in [0, 0.1) is 0 Å². The molecule has 2 aromatic heterocycles. The molecule has 2 heterocycles. The van der Waals surface area contributed by atoms with Gasteiger partial charge in [0, 0.05) is 37.9 Å². The Morgan fingerprint density at radius 2 is 1.37 bits per heavy atom. The van der Waals surface area contributed by atoms with E-state index in [1.54, 1.807) is 0 Å². The molecule has 0 spiro atoms. The van der Waals surface area contributed by atoms with Crippen LogP contribution in [0.2, 0.25) is 0 Å². The maximum absolute atomic E-state index is 4.12. The van der Waals surface area contributed by atoms with Gasteiger partial charge < -0.3 is 14.5 Å². The van der Waals surface area contributed by atoms with Gasteiger partial charge in [0.2, 0.25) is 0 Å². The molecule has 2 aromatic rings. The van der Waals surface area contributed by atoms with Gasteiger partial charge in [-0.15, -0.1) is 0 Å².